The molecule has 0 bridgehead atoms. The van der Waals surface area contributed by atoms with E-state index in [2.05, 4.69) is 19.1 Å². The van der Waals surface area contributed by atoms with Crippen LogP contribution in [0.25, 0.3) is 0 Å². The molecule has 0 spiro atoms. The standard InChI is InChI=1S/C18H20O3/c1-3-12-6-4-5-7-14(12)18-11-16(19)15-9-8-13(20-2)10-17(15)21-18/h4-10,16,18-19H,3,11H2,1-2H3. The number of hydrogen-bond donors (Lipinski definition) is 1. The van der Waals surface area contributed by atoms with E-state index in [-0.39, 0.29) is 6.10 Å². The number of hydrogen-bond acceptors (Lipinski definition) is 3. The first kappa shape index (κ1) is 14.0. The lowest BCUT2D eigenvalue weighted by atomic mass is 9.92. The van der Waals surface area contributed by atoms with Crippen LogP contribution in [0.1, 0.15) is 42.2 Å². The van der Waals surface area contributed by atoms with Crippen molar-refractivity contribution in [1.29, 1.82) is 0 Å². The molecule has 0 amide bonds. The number of aryl methyl sites for hydroxylation is 1. The summed E-state index contributed by atoms with van der Waals surface area (Å²) in [6.45, 7) is 2.13. The van der Waals surface area contributed by atoms with Gasteiger partial charge in [0.05, 0.1) is 13.2 Å². The van der Waals surface area contributed by atoms with Gasteiger partial charge in [-0.2, -0.15) is 0 Å². The van der Waals surface area contributed by atoms with Crippen molar-refractivity contribution in [3.63, 3.8) is 0 Å². The van der Waals surface area contributed by atoms with E-state index in [4.69, 9.17) is 9.47 Å². The Morgan fingerprint density at radius 3 is 2.76 bits per heavy atom. The number of rotatable bonds is 3. The molecule has 0 aromatic heterocycles. The predicted octanol–water partition coefficient (Wildman–Crippen LogP) is 3.81. The van der Waals surface area contributed by atoms with Gasteiger partial charge < -0.3 is 14.6 Å². The highest BCUT2D eigenvalue weighted by atomic mass is 16.5. The lowest BCUT2D eigenvalue weighted by molar-refractivity contribution is 0.0651. The largest absolute Gasteiger partial charge is 0.497 e. The van der Waals surface area contributed by atoms with Crippen LogP contribution in [0.5, 0.6) is 11.5 Å². The number of aliphatic hydroxyl groups is 1. The molecule has 1 heterocycles. The van der Waals surface area contributed by atoms with E-state index in [1.807, 2.05) is 30.3 Å². The van der Waals surface area contributed by atoms with Gasteiger partial charge in [0.2, 0.25) is 0 Å². The summed E-state index contributed by atoms with van der Waals surface area (Å²) >= 11 is 0. The van der Waals surface area contributed by atoms with Crippen LogP contribution in [-0.4, -0.2) is 12.2 Å². The van der Waals surface area contributed by atoms with Gasteiger partial charge in [0.1, 0.15) is 17.6 Å². The number of methoxy groups -OCH3 is 1. The molecule has 2 atom stereocenters. The van der Waals surface area contributed by atoms with Gasteiger partial charge in [-0.15, -0.1) is 0 Å². The second kappa shape index (κ2) is 5.78. The molecule has 1 N–H and O–H groups in total. The lowest BCUT2D eigenvalue weighted by Gasteiger charge is -2.31. The summed E-state index contributed by atoms with van der Waals surface area (Å²) < 4.78 is 11.4. The fourth-order valence-corrected chi connectivity index (χ4v) is 2.91. The van der Waals surface area contributed by atoms with Crippen LogP contribution in [-0.2, 0) is 6.42 Å². The van der Waals surface area contributed by atoms with E-state index >= 15 is 0 Å². The van der Waals surface area contributed by atoms with Crippen molar-refractivity contribution in [2.24, 2.45) is 0 Å². The molecule has 3 heteroatoms. The molecule has 110 valence electrons. The minimum atomic E-state index is -0.505. The molecular weight excluding hydrogens is 264 g/mol. The average molecular weight is 284 g/mol. The molecule has 0 saturated heterocycles. The van der Waals surface area contributed by atoms with Crippen LogP contribution in [0.3, 0.4) is 0 Å². The maximum Gasteiger partial charge on any atom is 0.129 e. The number of ether oxygens (including phenoxy) is 2. The third-order valence-electron chi connectivity index (χ3n) is 4.07. The molecule has 0 radical (unpaired) electrons. The van der Waals surface area contributed by atoms with Crippen LogP contribution < -0.4 is 9.47 Å². The smallest absolute Gasteiger partial charge is 0.129 e. The van der Waals surface area contributed by atoms with Gasteiger partial charge in [-0.1, -0.05) is 31.2 Å². The first-order valence-electron chi connectivity index (χ1n) is 7.33. The Balaban J connectivity index is 1.97. The maximum atomic E-state index is 10.4. The highest BCUT2D eigenvalue weighted by molar-refractivity contribution is 5.44. The van der Waals surface area contributed by atoms with Gasteiger partial charge in [-0.05, 0) is 29.7 Å². The number of aliphatic hydroxyl groups excluding tert-OH is 1. The fourth-order valence-electron chi connectivity index (χ4n) is 2.91. The zero-order valence-electron chi connectivity index (χ0n) is 12.4. The minimum absolute atomic E-state index is 0.115. The monoisotopic (exact) mass is 284 g/mol. The van der Waals surface area contributed by atoms with Gasteiger partial charge in [-0.3, -0.25) is 0 Å². The Labute approximate surface area is 125 Å². The van der Waals surface area contributed by atoms with Crippen molar-refractivity contribution in [2.45, 2.75) is 32.0 Å². The van der Waals surface area contributed by atoms with Crippen LogP contribution >= 0.6 is 0 Å². The Hall–Kier alpha value is -2.00. The molecule has 3 rings (SSSR count). The normalized spacial score (nSPS) is 20.5. The highest BCUT2D eigenvalue weighted by Gasteiger charge is 2.29. The number of benzene rings is 2. The number of fused-ring (bicyclic) bond motifs is 1. The summed E-state index contributed by atoms with van der Waals surface area (Å²) in [6.07, 6.45) is 0.915. The fraction of sp³-hybridized carbons (Fsp3) is 0.333. The molecule has 0 fully saturated rings. The van der Waals surface area contributed by atoms with Gasteiger partial charge in [-0.25, -0.2) is 0 Å². The topological polar surface area (TPSA) is 38.7 Å². The van der Waals surface area contributed by atoms with Crippen molar-refractivity contribution < 1.29 is 14.6 Å². The molecule has 3 nitrogen and oxygen atoms in total. The van der Waals surface area contributed by atoms with E-state index in [9.17, 15) is 5.11 Å². The van der Waals surface area contributed by atoms with Crippen LogP contribution in [0.4, 0.5) is 0 Å². The van der Waals surface area contributed by atoms with Crippen molar-refractivity contribution in [3.8, 4) is 11.5 Å². The van der Waals surface area contributed by atoms with Crippen LogP contribution in [0.2, 0.25) is 0 Å². The summed E-state index contributed by atoms with van der Waals surface area (Å²) in [7, 11) is 1.63. The van der Waals surface area contributed by atoms with Crippen LogP contribution in [0.15, 0.2) is 42.5 Å². The quantitative estimate of drug-likeness (QED) is 0.931. The molecule has 2 aromatic carbocycles. The Kier molecular flexibility index (Phi) is 3.84. The van der Waals surface area contributed by atoms with Crippen molar-refractivity contribution in [3.05, 3.63) is 59.2 Å². The molecule has 1 aliphatic rings. The molecular formula is C18H20O3. The Bertz CT molecular complexity index is 636. The van der Waals surface area contributed by atoms with Crippen molar-refractivity contribution >= 4 is 0 Å². The second-order valence-corrected chi connectivity index (χ2v) is 5.31. The SMILES string of the molecule is CCc1ccccc1C1CC(O)c2ccc(OC)cc2O1. The van der Waals surface area contributed by atoms with Gasteiger partial charge >= 0.3 is 0 Å². The summed E-state index contributed by atoms with van der Waals surface area (Å²) in [4.78, 5) is 0. The predicted molar refractivity (Wildman–Crippen MR) is 81.8 cm³/mol. The van der Waals surface area contributed by atoms with E-state index in [1.165, 1.54) is 5.56 Å². The summed E-state index contributed by atoms with van der Waals surface area (Å²) in [5.41, 5.74) is 3.26. The minimum Gasteiger partial charge on any atom is -0.497 e. The van der Waals surface area contributed by atoms with Crippen molar-refractivity contribution in [2.75, 3.05) is 7.11 Å². The molecule has 0 saturated carbocycles. The van der Waals surface area contributed by atoms with Crippen LogP contribution in [0, 0.1) is 0 Å². The Morgan fingerprint density at radius 2 is 2.00 bits per heavy atom. The zero-order chi connectivity index (χ0) is 14.8. The first-order chi connectivity index (χ1) is 10.2. The molecule has 21 heavy (non-hydrogen) atoms. The maximum absolute atomic E-state index is 10.4. The Morgan fingerprint density at radius 1 is 1.19 bits per heavy atom. The zero-order valence-corrected chi connectivity index (χ0v) is 12.4. The van der Waals surface area contributed by atoms with Gasteiger partial charge in [0.25, 0.3) is 0 Å². The van der Waals surface area contributed by atoms with E-state index < -0.39 is 6.10 Å². The lowest BCUT2D eigenvalue weighted by Crippen LogP contribution is -2.20. The summed E-state index contributed by atoms with van der Waals surface area (Å²) in [5.74, 6) is 1.45. The average Bonchev–Trinajstić information content (AvgIpc) is 2.54. The summed E-state index contributed by atoms with van der Waals surface area (Å²) in [5, 5.41) is 10.4. The molecule has 2 unspecified atom stereocenters. The van der Waals surface area contributed by atoms with Gasteiger partial charge in [0, 0.05) is 18.1 Å². The third kappa shape index (κ3) is 2.61. The van der Waals surface area contributed by atoms with Gasteiger partial charge in [0.15, 0.2) is 0 Å². The first-order valence-corrected chi connectivity index (χ1v) is 7.33. The summed E-state index contributed by atoms with van der Waals surface area (Å²) in [6, 6.07) is 13.8. The second-order valence-electron chi connectivity index (χ2n) is 5.31. The van der Waals surface area contributed by atoms with Crippen molar-refractivity contribution in [1.82, 2.24) is 0 Å². The molecule has 1 aliphatic heterocycles. The molecule has 0 aliphatic carbocycles. The highest BCUT2D eigenvalue weighted by Crippen LogP contribution is 2.42. The molecule has 2 aromatic rings. The third-order valence-corrected chi connectivity index (χ3v) is 4.07. The van der Waals surface area contributed by atoms with E-state index in [0.29, 0.717) is 12.2 Å². The van der Waals surface area contributed by atoms with E-state index in [0.717, 1.165) is 23.3 Å². The van der Waals surface area contributed by atoms with E-state index in [1.54, 1.807) is 7.11 Å².